The Kier molecular flexibility index (Phi) is 8.10. The van der Waals surface area contributed by atoms with Crippen molar-refractivity contribution >= 4 is 46.0 Å². The lowest BCUT2D eigenvalue weighted by molar-refractivity contribution is -0.129. The Bertz CT molecular complexity index is 1390. The lowest BCUT2D eigenvalue weighted by Gasteiger charge is -2.12. The second-order valence-corrected chi connectivity index (χ2v) is 8.44. The molecule has 9 heteroatoms. The molecule has 0 spiro atoms. The highest BCUT2D eigenvalue weighted by Crippen LogP contribution is 2.33. The third kappa shape index (κ3) is 6.35. The van der Waals surface area contributed by atoms with Gasteiger partial charge in [-0.1, -0.05) is 29.8 Å². The number of amides is 1. The molecule has 1 atom stereocenters. The molecular formula is C27H26ClN5O3. The lowest BCUT2D eigenvalue weighted by Crippen LogP contribution is -2.33. The molecule has 2 aromatic carbocycles. The number of carbonyl (C=O) groups excluding carboxylic acids is 1. The van der Waals surface area contributed by atoms with Crippen molar-refractivity contribution in [2.45, 2.75) is 20.0 Å². The smallest absolute Gasteiger partial charge is 0.249 e. The Labute approximate surface area is 214 Å². The maximum atomic E-state index is 11.8. The van der Waals surface area contributed by atoms with Gasteiger partial charge in [-0.15, -0.1) is 0 Å². The normalized spacial score (nSPS) is 12.0. The molecule has 0 aliphatic carbocycles. The van der Waals surface area contributed by atoms with Crippen LogP contribution in [-0.4, -0.2) is 40.6 Å². The molecule has 1 unspecified atom stereocenters. The molecule has 2 heterocycles. The third-order valence-electron chi connectivity index (χ3n) is 5.39. The van der Waals surface area contributed by atoms with Gasteiger partial charge in [0, 0.05) is 30.4 Å². The molecule has 0 fully saturated rings. The van der Waals surface area contributed by atoms with E-state index in [1.807, 2.05) is 55.5 Å². The first-order chi connectivity index (χ1) is 17.4. The van der Waals surface area contributed by atoms with E-state index in [1.54, 1.807) is 25.3 Å². The molecule has 2 aromatic heterocycles. The first kappa shape index (κ1) is 25.1. The van der Waals surface area contributed by atoms with E-state index in [1.165, 1.54) is 13.4 Å². The highest BCUT2D eigenvalue weighted by molar-refractivity contribution is 6.32. The van der Waals surface area contributed by atoms with Gasteiger partial charge in [-0.05, 0) is 61.9 Å². The minimum absolute atomic E-state index is 0.161. The SMILES string of the molecule is COC(C)C(=O)NC/C=C/c1ccc2ncnc(Nc3ccc(Oc4ccc(C)nc4)c(Cl)c3)c2c1. The Morgan fingerprint density at radius 2 is 1.97 bits per heavy atom. The Balaban J connectivity index is 1.48. The largest absolute Gasteiger partial charge is 0.454 e. The number of aromatic nitrogens is 3. The summed E-state index contributed by atoms with van der Waals surface area (Å²) in [5, 5.41) is 7.41. The van der Waals surface area contributed by atoms with Gasteiger partial charge in [0.15, 0.2) is 0 Å². The molecule has 0 aliphatic rings. The van der Waals surface area contributed by atoms with Gasteiger partial charge in [-0.2, -0.15) is 0 Å². The van der Waals surface area contributed by atoms with Gasteiger partial charge in [-0.3, -0.25) is 9.78 Å². The van der Waals surface area contributed by atoms with Crippen LogP contribution in [0.15, 0.2) is 67.1 Å². The number of rotatable bonds is 9. The number of ether oxygens (including phenoxy) is 2. The van der Waals surface area contributed by atoms with Crippen LogP contribution in [0.5, 0.6) is 11.5 Å². The summed E-state index contributed by atoms with van der Waals surface area (Å²) >= 11 is 6.48. The molecule has 36 heavy (non-hydrogen) atoms. The molecule has 4 rings (SSSR count). The van der Waals surface area contributed by atoms with Gasteiger partial charge < -0.3 is 20.1 Å². The summed E-state index contributed by atoms with van der Waals surface area (Å²) in [6.45, 7) is 4.01. The van der Waals surface area contributed by atoms with Crippen molar-refractivity contribution < 1.29 is 14.3 Å². The fourth-order valence-corrected chi connectivity index (χ4v) is 3.54. The second kappa shape index (κ2) is 11.6. The Morgan fingerprint density at radius 3 is 2.72 bits per heavy atom. The maximum absolute atomic E-state index is 11.8. The van der Waals surface area contributed by atoms with Crippen molar-refractivity contribution in [2.75, 3.05) is 19.0 Å². The molecule has 1 amide bonds. The van der Waals surface area contributed by atoms with Crippen LogP contribution in [0.1, 0.15) is 18.2 Å². The molecule has 0 saturated carbocycles. The zero-order valence-electron chi connectivity index (χ0n) is 20.2. The van der Waals surface area contributed by atoms with Crippen molar-refractivity contribution in [3.05, 3.63) is 83.4 Å². The van der Waals surface area contributed by atoms with Crippen LogP contribution in [0.2, 0.25) is 5.02 Å². The van der Waals surface area contributed by atoms with Gasteiger partial charge in [-0.25, -0.2) is 9.97 Å². The predicted molar refractivity (Wildman–Crippen MR) is 142 cm³/mol. The topological polar surface area (TPSA) is 98.3 Å². The number of pyridine rings is 1. The minimum Gasteiger partial charge on any atom is -0.454 e. The van der Waals surface area contributed by atoms with Crippen LogP contribution in [0.3, 0.4) is 0 Å². The van der Waals surface area contributed by atoms with Crippen molar-refractivity contribution in [2.24, 2.45) is 0 Å². The molecular weight excluding hydrogens is 478 g/mol. The van der Waals surface area contributed by atoms with Crippen LogP contribution in [-0.2, 0) is 9.53 Å². The number of nitrogens with one attached hydrogen (secondary N) is 2. The average Bonchev–Trinajstić information content (AvgIpc) is 2.89. The van der Waals surface area contributed by atoms with E-state index in [0.717, 1.165) is 27.8 Å². The molecule has 2 N–H and O–H groups in total. The van der Waals surface area contributed by atoms with Crippen molar-refractivity contribution in [1.82, 2.24) is 20.3 Å². The van der Waals surface area contributed by atoms with E-state index in [0.29, 0.717) is 28.9 Å². The summed E-state index contributed by atoms with van der Waals surface area (Å²) < 4.78 is 10.9. The van der Waals surface area contributed by atoms with Gasteiger partial charge in [0.1, 0.15) is 29.7 Å². The summed E-state index contributed by atoms with van der Waals surface area (Å²) in [5.74, 6) is 1.62. The number of nitrogens with zero attached hydrogens (tertiary/aromatic N) is 3. The molecule has 0 bridgehead atoms. The van der Waals surface area contributed by atoms with E-state index in [4.69, 9.17) is 21.1 Å². The number of methoxy groups -OCH3 is 1. The zero-order chi connectivity index (χ0) is 25.5. The minimum atomic E-state index is -0.487. The average molecular weight is 504 g/mol. The number of benzene rings is 2. The number of carbonyl (C=O) groups is 1. The number of fused-ring (bicyclic) bond motifs is 1. The van der Waals surface area contributed by atoms with Gasteiger partial charge in [0.25, 0.3) is 0 Å². The van der Waals surface area contributed by atoms with E-state index < -0.39 is 6.10 Å². The number of aryl methyl sites for hydroxylation is 1. The summed E-state index contributed by atoms with van der Waals surface area (Å²) in [6, 6.07) is 15.0. The number of halogens is 1. The molecule has 0 saturated heterocycles. The maximum Gasteiger partial charge on any atom is 0.249 e. The van der Waals surface area contributed by atoms with E-state index in [2.05, 4.69) is 25.6 Å². The Morgan fingerprint density at radius 1 is 1.11 bits per heavy atom. The van der Waals surface area contributed by atoms with E-state index >= 15 is 0 Å². The summed E-state index contributed by atoms with van der Waals surface area (Å²) in [7, 11) is 1.50. The number of anilines is 2. The zero-order valence-corrected chi connectivity index (χ0v) is 20.9. The van der Waals surface area contributed by atoms with Crippen LogP contribution in [0.25, 0.3) is 17.0 Å². The van der Waals surface area contributed by atoms with Gasteiger partial charge in [0.2, 0.25) is 5.91 Å². The standard InChI is InChI=1S/C27H26ClN5O3/c1-17-6-9-21(15-30-17)36-25-11-8-20(14-23(25)28)33-26-22-13-19(7-10-24(22)31-16-32-26)5-4-12-29-27(34)18(2)35-3/h4-11,13-16,18H,12H2,1-3H3,(H,29,34)(H,31,32,33)/b5-4+. The van der Waals surface area contributed by atoms with E-state index in [9.17, 15) is 4.79 Å². The first-order valence-corrected chi connectivity index (χ1v) is 11.7. The quantitative estimate of drug-likeness (QED) is 0.303. The summed E-state index contributed by atoms with van der Waals surface area (Å²) in [6.07, 6.45) is 6.48. The first-order valence-electron chi connectivity index (χ1n) is 11.3. The summed E-state index contributed by atoms with van der Waals surface area (Å²) in [4.78, 5) is 24.8. The second-order valence-electron chi connectivity index (χ2n) is 8.03. The summed E-state index contributed by atoms with van der Waals surface area (Å²) in [5.41, 5.74) is 3.41. The van der Waals surface area contributed by atoms with Gasteiger partial charge >= 0.3 is 0 Å². The van der Waals surface area contributed by atoms with Crippen LogP contribution < -0.4 is 15.4 Å². The third-order valence-corrected chi connectivity index (χ3v) is 5.69. The van der Waals surface area contributed by atoms with Crippen molar-refractivity contribution in [1.29, 1.82) is 0 Å². The lowest BCUT2D eigenvalue weighted by atomic mass is 10.1. The highest BCUT2D eigenvalue weighted by Gasteiger charge is 2.10. The number of hydrogen-bond donors (Lipinski definition) is 2. The molecule has 4 aromatic rings. The van der Waals surface area contributed by atoms with Crippen molar-refractivity contribution in [3.8, 4) is 11.5 Å². The molecule has 184 valence electrons. The predicted octanol–water partition coefficient (Wildman–Crippen LogP) is 5.69. The number of hydrogen-bond acceptors (Lipinski definition) is 7. The van der Waals surface area contributed by atoms with Crippen LogP contribution in [0, 0.1) is 6.92 Å². The van der Waals surface area contributed by atoms with Crippen molar-refractivity contribution in [3.63, 3.8) is 0 Å². The highest BCUT2D eigenvalue weighted by atomic mass is 35.5. The molecule has 0 aliphatic heterocycles. The monoisotopic (exact) mass is 503 g/mol. The Hall–Kier alpha value is -4.01. The van der Waals surface area contributed by atoms with Crippen LogP contribution in [0.4, 0.5) is 11.5 Å². The molecule has 8 nitrogen and oxygen atoms in total. The fourth-order valence-electron chi connectivity index (χ4n) is 3.32. The van der Waals surface area contributed by atoms with E-state index in [-0.39, 0.29) is 5.91 Å². The molecule has 0 radical (unpaired) electrons. The fraction of sp³-hybridized carbons (Fsp3) is 0.185. The van der Waals surface area contributed by atoms with Crippen LogP contribution >= 0.6 is 11.6 Å². The van der Waals surface area contributed by atoms with Gasteiger partial charge in [0.05, 0.1) is 16.7 Å².